The first-order valence-electron chi connectivity index (χ1n) is 11.7. The van der Waals surface area contributed by atoms with Gasteiger partial charge in [0.1, 0.15) is 5.76 Å². The summed E-state index contributed by atoms with van der Waals surface area (Å²) in [7, 11) is 0. The van der Waals surface area contributed by atoms with Crippen molar-refractivity contribution >= 4 is 28.0 Å². The molecule has 0 aliphatic heterocycles. The predicted molar refractivity (Wildman–Crippen MR) is 139 cm³/mol. The number of aliphatic imine (C=N–C) groups is 1. The standard InChI is InChI=1S/C31H27NO2/c1-21-10-5-8-17-27(21)32-28(18-24-15-9-14-23-13-6-7-16-26(23)24)31-29(33)19-25(20-30(31)34)22-11-3-2-4-12-22/h2-17,25,33H,18-20H2,1H3. The molecule has 3 nitrogen and oxygen atoms in total. The highest BCUT2D eigenvalue weighted by Crippen LogP contribution is 2.35. The number of ketones is 1. The van der Waals surface area contributed by atoms with E-state index in [0.29, 0.717) is 30.5 Å². The molecular weight excluding hydrogens is 418 g/mol. The van der Waals surface area contributed by atoms with Crippen LogP contribution < -0.4 is 0 Å². The Kier molecular flexibility index (Phi) is 6.09. The number of hydrogen-bond donors (Lipinski definition) is 1. The van der Waals surface area contributed by atoms with Gasteiger partial charge in [-0.05, 0) is 46.4 Å². The fourth-order valence-corrected chi connectivity index (χ4v) is 4.83. The Morgan fingerprint density at radius 2 is 1.56 bits per heavy atom. The Bertz CT molecular complexity index is 1410. The van der Waals surface area contributed by atoms with Crippen molar-refractivity contribution in [3.63, 3.8) is 0 Å². The van der Waals surface area contributed by atoms with Crippen LogP contribution in [0.3, 0.4) is 0 Å². The van der Waals surface area contributed by atoms with Crippen molar-refractivity contribution in [2.24, 2.45) is 4.99 Å². The maximum atomic E-state index is 13.5. The van der Waals surface area contributed by atoms with E-state index in [9.17, 15) is 9.90 Å². The van der Waals surface area contributed by atoms with Gasteiger partial charge < -0.3 is 5.11 Å². The molecule has 1 N–H and O–H groups in total. The van der Waals surface area contributed by atoms with Crippen LogP contribution in [0.2, 0.25) is 0 Å². The molecular formula is C31H27NO2. The molecule has 0 saturated heterocycles. The van der Waals surface area contributed by atoms with Gasteiger partial charge in [0.25, 0.3) is 0 Å². The number of carbonyl (C=O) groups excluding carboxylic acids is 1. The number of rotatable bonds is 5. The lowest BCUT2D eigenvalue weighted by atomic mass is 9.80. The number of carbonyl (C=O) groups is 1. The molecule has 4 aromatic rings. The molecule has 5 rings (SSSR count). The van der Waals surface area contributed by atoms with Crippen molar-refractivity contribution < 1.29 is 9.90 Å². The smallest absolute Gasteiger partial charge is 0.168 e. The summed E-state index contributed by atoms with van der Waals surface area (Å²) in [6.07, 6.45) is 1.27. The average Bonchev–Trinajstić information content (AvgIpc) is 2.85. The number of hydrogen-bond acceptors (Lipinski definition) is 3. The molecule has 1 aliphatic rings. The van der Waals surface area contributed by atoms with E-state index in [1.165, 1.54) is 0 Å². The van der Waals surface area contributed by atoms with Crippen LogP contribution in [-0.4, -0.2) is 16.6 Å². The third-order valence-electron chi connectivity index (χ3n) is 6.61. The second kappa shape index (κ2) is 9.48. The monoisotopic (exact) mass is 445 g/mol. The highest BCUT2D eigenvalue weighted by atomic mass is 16.3. The number of allylic oxidation sites excluding steroid dienone is 2. The van der Waals surface area contributed by atoms with Crippen LogP contribution in [0.5, 0.6) is 0 Å². The van der Waals surface area contributed by atoms with Crippen LogP contribution in [0, 0.1) is 6.92 Å². The quantitative estimate of drug-likeness (QED) is 0.325. The molecule has 168 valence electrons. The lowest BCUT2D eigenvalue weighted by Crippen LogP contribution is -2.25. The largest absolute Gasteiger partial charge is 0.511 e. The summed E-state index contributed by atoms with van der Waals surface area (Å²) in [6.45, 7) is 2.01. The van der Waals surface area contributed by atoms with Gasteiger partial charge >= 0.3 is 0 Å². The van der Waals surface area contributed by atoms with Gasteiger partial charge in [-0.15, -0.1) is 0 Å². The summed E-state index contributed by atoms with van der Waals surface area (Å²) in [5.74, 6) is 0.0672. The number of aryl methyl sites for hydroxylation is 1. The van der Waals surface area contributed by atoms with E-state index < -0.39 is 0 Å². The van der Waals surface area contributed by atoms with E-state index in [4.69, 9.17) is 4.99 Å². The van der Waals surface area contributed by atoms with E-state index >= 15 is 0 Å². The number of fused-ring (bicyclic) bond motifs is 1. The van der Waals surface area contributed by atoms with Gasteiger partial charge in [-0.1, -0.05) is 91.0 Å². The lowest BCUT2D eigenvalue weighted by molar-refractivity contribution is -0.116. The predicted octanol–water partition coefficient (Wildman–Crippen LogP) is 7.42. The number of aliphatic hydroxyl groups excluding tert-OH is 1. The van der Waals surface area contributed by atoms with Crippen LogP contribution in [0.25, 0.3) is 10.8 Å². The molecule has 0 fully saturated rings. The zero-order valence-electron chi connectivity index (χ0n) is 19.2. The second-order valence-corrected chi connectivity index (χ2v) is 8.92. The molecule has 0 amide bonds. The normalized spacial score (nSPS) is 16.8. The van der Waals surface area contributed by atoms with Crippen molar-refractivity contribution in [3.05, 3.63) is 125 Å². The van der Waals surface area contributed by atoms with Crippen molar-refractivity contribution in [2.45, 2.75) is 32.1 Å². The van der Waals surface area contributed by atoms with Gasteiger partial charge in [-0.2, -0.15) is 0 Å². The van der Waals surface area contributed by atoms with Crippen molar-refractivity contribution in [3.8, 4) is 0 Å². The third kappa shape index (κ3) is 4.42. The lowest BCUT2D eigenvalue weighted by Gasteiger charge is -2.25. The molecule has 0 aromatic heterocycles. The van der Waals surface area contributed by atoms with Gasteiger partial charge in [0, 0.05) is 19.3 Å². The Morgan fingerprint density at radius 1 is 0.853 bits per heavy atom. The number of aliphatic hydroxyl groups is 1. The van der Waals surface area contributed by atoms with Gasteiger partial charge in [0.05, 0.1) is 17.0 Å². The Morgan fingerprint density at radius 3 is 2.35 bits per heavy atom. The second-order valence-electron chi connectivity index (χ2n) is 8.92. The van der Waals surface area contributed by atoms with Crippen LogP contribution in [0.15, 0.2) is 113 Å². The Labute approximate surface area is 200 Å². The zero-order valence-corrected chi connectivity index (χ0v) is 19.2. The van der Waals surface area contributed by atoms with Crippen LogP contribution >= 0.6 is 0 Å². The minimum atomic E-state index is -0.0508. The van der Waals surface area contributed by atoms with Crippen LogP contribution in [0.1, 0.15) is 35.4 Å². The summed E-state index contributed by atoms with van der Waals surface area (Å²) >= 11 is 0. The minimum Gasteiger partial charge on any atom is -0.511 e. The van der Waals surface area contributed by atoms with E-state index in [1.807, 2.05) is 79.7 Å². The molecule has 34 heavy (non-hydrogen) atoms. The fourth-order valence-electron chi connectivity index (χ4n) is 4.83. The first-order valence-corrected chi connectivity index (χ1v) is 11.7. The summed E-state index contributed by atoms with van der Waals surface area (Å²) in [5, 5.41) is 13.4. The van der Waals surface area contributed by atoms with Crippen molar-refractivity contribution in [1.82, 2.24) is 0 Å². The SMILES string of the molecule is Cc1ccccc1N=C(Cc1cccc2ccccc12)C1=C(O)CC(c2ccccc2)CC1=O. The zero-order chi connectivity index (χ0) is 23.5. The number of benzene rings is 4. The molecule has 0 bridgehead atoms. The highest BCUT2D eigenvalue weighted by Gasteiger charge is 2.31. The summed E-state index contributed by atoms with van der Waals surface area (Å²) in [6, 6.07) is 32.3. The molecule has 3 heteroatoms. The minimum absolute atomic E-state index is 0.0188. The van der Waals surface area contributed by atoms with Gasteiger partial charge in [-0.25, -0.2) is 0 Å². The molecule has 0 radical (unpaired) electrons. The third-order valence-corrected chi connectivity index (χ3v) is 6.61. The van der Waals surface area contributed by atoms with Crippen molar-refractivity contribution in [1.29, 1.82) is 0 Å². The van der Waals surface area contributed by atoms with E-state index in [2.05, 4.69) is 24.3 Å². The van der Waals surface area contributed by atoms with E-state index in [0.717, 1.165) is 33.2 Å². The van der Waals surface area contributed by atoms with E-state index in [-0.39, 0.29) is 17.5 Å². The first-order chi connectivity index (χ1) is 16.6. The van der Waals surface area contributed by atoms with Gasteiger partial charge in [0.2, 0.25) is 0 Å². The van der Waals surface area contributed by atoms with Crippen LogP contribution in [0.4, 0.5) is 5.69 Å². The average molecular weight is 446 g/mol. The Hall–Kier alpha value is -3.98. The number of nitrogens with zero attached hydrogens (tertiary/aromatic N) is 1. The Balaban J connectivity index is 1.60. The topological polar surface area (TPSA) is 49.7 Å². The molecule has 0 saturated carbocycles. The maximum Gasteiger partial charge on any atom is 0.168 e. The molecule has 0 heterocycles. The molecule has 1 aliphatic carbocycles. The summed E-state index contributed by atoms with van der Waals surface area (Å²) in [5.41, 5.74) is 5.01. The molecule has 4 aromatic carbocycles. The van der Waals surface area contributed by atoms with E-state index in [1.54, 1.807) is 0 Å². The summed E-state index contributed by atoms with van der Waals surface area (Å²) < 4.78 is 0. The highest BCUT2D eigenvalue weighted by molar-refractivity contribution is 6.24. The van der Waals surface area contributed by atoms with Gasteiger partial charge in [0.15, 0.2) is 5.78 Å². The van der Waals surface area contributed by atoms with Crippen LogP contribution in [-0.2, 0) is 11.2 Å². The fraction of sp³-hybridized carbons (Fsp3) is 0.161. The maximum absolute atomic E-state index is 13.5. The van der Waals surface area contributed by atoms with Crippen molar-refractivity contribution in [2.75, 3.05) is 0 Å². The summed E-state index contributed by atoms with van der Waals surface area (Å²) in [4.78, 5) is 18.4. The first kappa shape index (κ1) is 21.8. The number of para-hydroxylation sites is 1. The molecule has 1 unspecified atom stereocenters. The van der Waals surface area contributed by atoms with Gasteiger partial charge in [-0.3, -0.25) is 9.79 Å². The number of Topliss-reactive ketones (excluding diaryl/α,β-unsaturated/α-hetero) is 1. The molecule has 0 spiro atoms. The molecule has 1 atom stereocenters.